The molecule has 13 heavy (non-hydrogen) atoms. The average molecular weight is 181 g/mol. The second-order valence-corrected chi connectivity index (χ2v) is 3.17. The first-order chi connectivity index (χ1) is 6.25. The Labute approximate surface area is 75.0 Å². The summed E-state index contributed by atoms with van der Waals surface area (Å²) in [6.07, 6.45) is 0.495. The fraction of sp³-hybridized carbons (Fsp3) is 0.500. The fourth-order valence-corrected chi connectivity index (χ4v) is 1.46. The number of rotatable bonds is 1. The van der Waals surface area contributed by atoms with Crippen molar-refractivity contribution in [3.8, 4) is 0 Å². The van der Waals surface area contributed by atoms with Crippen molar-refractivity contribution in [1.82, 2.24) is 10.2 Å². The van der Waals surface area contributed by atoms with E-state index < -0.39 is 0 Å². The molecule has 1 aliphatic heterocycles. The minimum absolute atomic E-state index is 0.205. The van der Waals surface area contributed by atoms with Crippen molar-refractivity contribution in [1.29, 1.82) is 0 Å². The Hall–Kier alpha value is -1.36. The van der Waals surface area contributed by atoms with Gasteiger partial charge in [-0.2, -0.15) is 5.10 Å². The molecule has 1 fully saturated rings. The molecule has 1 aromatic heterocycles. The summed E-state index contributed by atoms with van der Waals surface area (Å²) in [5.41, 5.74) is -0.205. The number of nitrogens with zero attached hydrogens (tertiary/aromatic N) is 2. The maximum atomic E-state index is 10.7. The van der Waals surface area contributed by atoms with Crippen molar-refractivity contribution in [2.75, 3.05) is 18.0 Å². The van der Waals surface area contributed by atoms with E-state index in [1.54, 1.807) is 6.07 Å². The van der Waals surface area contributed by atoms with E-state index >= 15 is 0 Å². The molecule has 0 spiro atoms. The van der Waals surface area contributed by atoms with Gasteiger partial charge in [-0.05, 0) is 12.5 Å². The molecule has 5 nitrogen and oxygen atoms in total. The van der Waals surface area contributed by atoms with Crippen LogP contribution in [0.3, 0.4) is 0 Å². The van der Waals surface area contributed by atoms with Crippen LogP contribution in [0, 0.1) is 0 Å². The van der Waals surface area contributed by atoms with Crippen LogP contribution in [0.4, 0.5) is 5.82 Å². The van der Waals surface area contributed by atoms with Crippen molar-refractivity contribution in [2.24, 2.45) is 0 Å². The SMILES string of the molecule is O=c1ccc(N2CCC(O)C2)n[nH]1. The van der Waals surface area contributed by atoms with Gasteiger partial charge in [0.15, 0.2) is 0 Å². The molecule has 0 aromatic carbocycles. The lowest BCUT2D eigenvalue weighted by Crippen LogP contribution is -2.23. The zero-order chi connectivity index (χ0) is 9.26. The molecule has 1 atom stereocenters. The van der Waals surface area contributed by atoms with Crippen LogP contribution in [0.15, 0.2) is 16.9 Å². The number of anilines is 1. The van der Waals surface area contributed by atoms with Crippen LogP contribution in [0.5, 0.6) is 0 Å². The summed E-state index contributed by atoms with van der Waals surface area (Å²) in [6.45, 7) is 1.39. The minimum Gasteiger partial charge on any atom is -0.391 e. The van der Waals surface area contributed by atoms with Crippen molar-refractivity contribution in [3.63, 3.8) is 0 Å². The highest BCUT2D eigenvalue weighted by molar-refractivity contribution is 5.37. The highest BCUT2D eigenvalue weighted by Crippen LogP contribution is 2.15. The lowest BCUT2D eigenvalue weighted by Gasteiger charge is -2.14. The minimum atomic E-state index is -0.270. The summed E-state index contributed by atoms with van der Waals surface area (Å²) in [6, 6.07) is 3.10. The molecular weight excluding hydrogens is 170 g/mol. The number of aromatic nitrogens is 2. The van der Waals surface area contributed by atoms with Crippen LogP contribution in [0.2, 0.25) is 0 Å². The first-order valence-corrected chi connectivity index (χ1v) is 4.24. The van der Waals surface area contributed by atoms with Gasteiger partial charge in [-0.15, -0.1) is 0 Å². The number of aliphatic hydroxyl groups excluding tert-OH is 1. The smallest absolute Gasteiger partial charge is 0.264 e. The third-order valence-corrected chi connectivity index (χ3v) is 2.15. The normalized spacial score (nSPS) is 22.2. The van der Waals surface area contributed by atoms with E-state index in [9.17, 15) is 9.90 Å². The van der Waals surface area contributed by atoms with E-state index in [0.29, 0.717) is 6.54 Å². The molecule has 2 rings (SSSR count). The molecule has 1 unspecified atom stereocenters. The Balaban J connectivity index is 2.17. The maximum absolute atomic E-state index is 10.7. The van der Waals surface area contributed by atoms with Crippen LogP contribution in [-0.2, 0) is 0 Å². The Kier molecular flexibility index (Phi) is 2.02. The average Bonchev–Trinajstić information content (AvgIpc) is 2.53. The number of hydrogen-bond acceptors (Lipinski definition) is 4. The standard InChI is InChI=1S/C8H11N3O2/c12-6-3-4-11(5-6)7-1-2-8(13)10-9-7/h1-2,6,12H,3-5H2,(H,10,13). The highest BCUT2D eigenvalue weighted by atomic mass is 16.3. The molecular formula is C8H11N3O2. The van der Waals surface area contributed by atoms with E-state index in [-0.39, 0.29) is 11.7 Å². The molecule has 1 aliphatic rings. The van der Waals surface area contributed by atoms with Gasteiger partial charge in [0.25, 0.3) is 5.56 Å². The molecule has 1 aromatic rings. The zero-order valence-electron chi connectivity index (χ0n) is 7.10. The molecule has 2 heterocycles. The van der Waals surface area contributed by atoms with Crippen LogP contribution >= 0.6 is 0 Å². The van der Waals surface area contributed by atoms with Crippen LogP contribution in [-0.4, -0.2) is 34.5 Å². The number of aromatic amines is 1. The molecule has 5 heteroatoms. The summed E-state index contributed by atoms with van der Waals surface area (Å²) in [5.74, 6) is 0.719. The topological polar surface area (TPSA) is 69.2 Å². The van der Waals surface area contributed by atoms with Gasteiger partial charge in [-0.1, -0.05) is 0 Å². The van der Waals surface area contributed by atoms with Gasteiger partial charge in [0.2, 0.25) is 0 Å². The van der Waals surface area contributed by atoms with Gasteiger partial charge in [0.1, 0.15) is 5.82 Å². The van der Waals surface area contributed by atoms with Crippen LogP contribution in [0.1, 0.15) is 6.42 Å². The molecule has 0 radical (unpaired) electrons. The van der Waals surface area contributed by atoms with E-state index in [4.69, 9.17) is 0 Å². The first kappa shape index (κ1) is 8.25. The highest BCUT2D eigenvalue weighted by Gasteiger charge is 2.20. The Morgan fingerprint density at radius 1 is 1.62 bits per heavy atom. The molecule has 0 aliphatic carbocycles. The molecule has 2 N–H and O–H groups in total. The predicted molar refractivity (Wildman–Crippen MR) is 47.7 cm³/mol. The van der Waals surface area contributed by atoms with Crippen LogP contribution in [0.25, 0.3) is 0 Å². The molecule has 0 bridgehead atoms. The van der Waals surface area contributed by atoms with E-state index in [1.807, 2.05) is 4.90 Å². The number of β-amino-alcohol motifs (C(OH)–C–C–N with tert-alkyl or cyclic N) is 1. The van der Waals surface area contributed by atoms with E-state index in [2.05, 4.69) is 10.2 Å². The van der Waals surface area contributed by atoms with Crippen molar-refractivity contribution < 1.29 is 5.11 Å². The summed E-state index contributed by atoms with van der Waals surface area (Å²) in [7, 11) is 0. The number of hydrogen-bond donors (Lipinski definition) is 2. The Bertz CT molecular complexity index is 329. The van der Waals surface area contributed by atoms with E-state index in [1.165, 1.54) is 6.07 Å². The van der Waals surface area contributed by atoms with Gasteiger partial charge in [-0.3, -0.25) is 4.79 Å². The van der Waals surface area contributed by atoms with E-state index in [0.717, 1.165) is 18.8 Å². The first-order valence-electron chi connectivity index (χ1n) is 4.24. The lowest BCUT2D eigenvalue weighted by atomic mass is 10.3. The lowest BCUT2D eigenvalue weighted by molar-refractivity contribution is 0.198. The Morgan fingerprint density at radius 2 is 2.46 bits per heavy atom. The third-order valence-electron chi connectivity index (χ3n) is 2.15. The van der Waals surface area contributed by atoms with Gasteiger partial charge < -0.3 is 10.0 Å². The van der Waals surface area contributed by atoms with Gasteiger partial charge >= 0.3 is 0 Å². The molecule has 1 saturated heterocycles. The summed E-state index contributed by atoms with van der Waals surface area (Å²) < 4.78 is 0. The van der Waals surface area contributed by atoms with Crippen molar-refractivity contribution in [3.05, 3.63) is 22.5 Å². The van der Waals surface area contributed by atoms with Gasteiger partial charge in [0.05, 0.1) is 6.10 Å². The van der Waals surface area contributed by atoms with Crippen molar-refractivity contribution in [2.45, 2.75) is 12.5 Å². The number of nitrogens with one attached hydrogen (secondary N) is 1. The summed E-state index contributed by atoms with van der Waals surface area (Å²) >= 11 is 0. The van der Waals surface area contributed by atoms with Crippen LogP contribution < -0.4 is 10.5 Å². The van der Waals surface area contributed by atoms with Gasteiger partial charge in [-0.25, -0.2) is 5.10 Å². The third kappa shape index (κ3) is 1.70. The zero-order valence-corrected chi connectivity index (χ0v) is 7.10. The molecule has 70 valence electrons. The fourth-order valence-electron chi connectivity index (χ4n) is 1.46. The molecule has 0 amide bonds. The quantitative estimate of drug-likeness (QED) is 0.603. The van der Waals surface area contributed by atoms with Gasteiger partial charge in [0, 0.05) is 19.2 Å². The predicted octanol–water partition coefficient (Wildman–Crippen LogP) is -0.659. The van der Waals surface area contributed by atoms with Crippen molar-refractivity contribution >= 4 is 5.82 Å². The largest absolute Gasteiger partial charge is 0.391 e. The second-order valence-electron chi connectivity index (χ2n) is 3.17. The summed E-state index contributed by atoms with van der Waals surface area (Å²) in [4.78, 5) is 12.7. The monoisotopic (exact) mass is 181 g/mol. The number of H-pyrrole nitrogens is 1. The summed E-state index contributed by atoms with van der Waals surface area (Å²) in [5, 5.41) is 15.5. The maximum Gasteiger partial charge on any atom is 0.264 e. The number of aliphatic hydroxyl groups is 1. The second kappa shape index (κ2) is 3.18. The Morgan fingerprint density at radius 3 is 3.00 bits per heavy atom. The molecule has 0 saturated carbocycles.